The van der Waals surface area contributed by atoms with E-state index in [1.165, 1.54) is 4.90 Å². The van der Waals surface area contributed by atoms with Gasteiger partial charge in [0.25, 0.3) is 5.91 Å². The van der Waals surface area contributed by atoms with Crippen molar-refractivity contribution in [2.45, 2.75) is 25.9 Å². The van der Waals surface area contributed by atoms with Gasteiger partial charge in [0, 0.05) is 19.0 Å². The number of amides is 2. The van der Waals surface area contributed by atoms with E-state index in [1.807, 2.05) is 0 Å². The summed E-state index contributed by atoms with van der Waals surface area (Å²) in [7, 11) is 0. The Balaban J connectivity index is 1.72. The highest BCUT2D eigenvalue weighted by molar-refractivity contribution is 6.03. The first kappa shape index (κ1) is 17.8. The van der Waals surface area contributed by atoms with Crippen molar-refractivity contribution in [3.8, 4) is 5.75 Å². The first-order valence-electron chi connectivity index (χ1n) is 8.13. The normalized spacial score (nSPS) is 15.2. The number of carbonyl (C=O) groups is 2. The van der Waals surface area contributed by atoms with Gasteiger partial charge >= 0.3 is 0 Å². The number of hydrogen-bond donors (Lipinski definition) is 1. The summed E-state index contributed by atoms with van der Waals surface area (Å²) in [4.78, 5) is 26.3. The standard InChI is InChI=1S/C19H18F2N2O3/c1-19(2)18(25)23(15-5-3-4-6-16(15)26-19)10-9-17(24)22-14-8-7-12(20)11-13(14)21/h3-8,11H,9-10H2,1-2H3,(H,22,24). The maximum atomic E-state index is 13.6. The van der Waals surface area contributed by atoms with E-state index < -0.39 is 23.1 Å². The van der Waals surface area contributed by atoms with Gasteiger partial charge in [-0.3, -0.25) is 9.59 Å². The van der Waals surface area contributed by atoms with Gasteiger partial charge in [-0.25, -0.2) is 8.78 Å². The molecule has 0 saturated carbocycles. The Hall–Kier alpha value is -2.96. The Morgan fingerprint density at radius 2 is 1.92 bits per heavy atom. The smallest absolute Gasteiger partial charge is 0.270 e. The van der Waals surface area contributed by atoms with Crippen molar-refractivity contribution < 1.29 is 23.1 Å². The molecule has 0 saturated heterocycles. The lowest BCUT2D eigenvalue weighted by atomic mass is 10.0. The van der Waals surface area contributed by atoms with Crippen molar-refractivity contribution in [3.63, 3.8) is 0 Å². The predicted octanol–water partition coefficient (Wildman–Crippen LogP) is 3.50. The number of halogens is 2. The van der Waals surface area contributed by atoms with Crippen LogP contribution in [0.2, 0.25) is 0 Å². The number of fused-ring (bicyclic) bond motifs is 1. The van der Waals surface area contributed by atoms with Crippen molar-refractivity contribution in [3.05, 3.63) is 54.1 Å². The largest absolute Gasteiger partial charge is 0.476 e. The summed E-state index contributed by atoms with van der Waals surface area (Å²) in [5.41, 5.74) is -0.573. The Morgan fingerprint density at radius 3 is 2.65 bits per heavy atom. The van der Waals surface area contributed by atoms with Crippen LogP contribution >= 0.6 is 0 Å². The fourth-order valence-electron chi connectivity index (χ4n) is 2.76. The molecule has 0 unspecified atom stereocenters. The monoisotopic (exact) mass is 360 g/mol. The fraction of sp³-hybridized carbons (Fsp3) is 0.263. The average Bonchev–Trinajstić information content (AvgIpc) is 2.57. The number of anilines is 2. The molecule has 0 bridgehead atoms. The molecule has 0 aromatic heterocycles. The number of ether oxygens (including phenoxy) is 1. The SMILES string of the molecule is CC1(C)Oc2ccccc2N(CCC(=O)Nc2ccc(F)cc2F)C1=O. The first-order chi connectivity index (χ1) is 12.3. The molecule has 1 heterocycles. The van der Waals surface area contributed by atoms with Crippen LogP contribution in [-0.2, 0) is 9.59 Å². The van der Waals surface area contributed by atoms with Crippen molar-refractivity contribution in [2.24, 2.45) is 0 Å². The van der Waals surface area contributed by atoms with E-state index in [4.69, 9.17) is 4.74 Å². The molecular formula is C19H18F2N2O3. The minimum absolute atomic E-state index is 0.0486. The third kappa shape index (κ3) is 3.51. The number of carbonyl (C=O) groups excluding carboxylic acids is 2. The van der Waals surface area contributed by atoms with Crippen molar-refractivity contribution in [1.29, 1.82) is 0 Å². The Labute approximate surface area is 149 Å². The second-order valence-corrected chi connectivity index (χ2v) is 6.46. The first-order valence-corrected chi connectivity index (χ1v) is 8.13. The summed E-state index contributed by atoms with van der Waals surface area (Å²) in [6.45, 7) is 3.43. The number of rotatable bonds is 4. The average molecular weight is 360 g/mol. The van der Waals surface area contributed by atoms with E-state index in [2.05, 4.69) is 5.32 Å². The van der Waals surface area contributed by atoms with E-state index in [0.717, 1.165) is 12.1 Å². The fourth-order valence-corrected chi connectivity index (χ4v) is 2.76. The minimum atomic E-state index is -1.05. The highest BCUT2D eigenvalue weighted by atomic mass is 19.1. The maximum absolute atomic E-state index is 13.6. The molecule has 0 fully saturated rings. The van der Waals surface area contributed by atoms with Crippen LogP contribution in [0, 0.1) is 11.6 Å². The van der Waals surface area contributed by atoms with Crippen LogP contribution in [0.1, 0.15) is 20.3 Å². The highest BCUT2D eigenvalue weighted by Crippen LogP contribution is 2.37. The van der Waals surface area contributed by atoms with Crippen LogP contribution in [-0.4, -0.2) is 24.0 Å². The van der Waals surface area contributed by atoms with Crippen LogP contribution in [0.5, 0.6) is 5.75 Å². The number of nitrogens with zero attached hydrogens (tertiary/aromatic N) is 1. The topological polar surface area (TPSA) is 58.6 Å². The summed E-state index contributed by atoms with van der Waals surface area (Å²) < 4.78 is 32.3. The Bertz CT molecular complexity index is 868. The van der Waals surface area contributed by atoms with Gasteiger partial charge in [-0.2, -0.15) is 0 Å². The second-order valence-electron chi connectivity index (χ2n) is 6.46. The van der Waals surface area contributed by atoms with E-state index in [1.54, 1.807) is 38.1 Å². The molecule has 1 aliphatic heterocycles. The van der Waals surface area contributed by atoms with Gasteiger partial charge in [0.2, 0.25) is 5.91 Å². The molecule has 0 spiro atoms. The van der Waals surface area contributed by atoms with E-state index in [9.17, 15) is 18.4 Å². The van der Waals surface area contributed by atoms with Gasteiger partial charge in [0.15, 0.2) is 5.60 Å². The molecule has 2 amide bonds. The van der Waals surface area contributed by atoms with E-state index in [-0.39, 0.29) is 24.6 Å². The molecule has 7 heteroatoms. The maximum Gasteiger partial charge on any atom is 0.270 e. The third-order valence-electron chi connectivity index (χ3n) is 4.05. The van der Waals surface area contributed by atoms with Crippen molar-refractivity contribution in [1.82, 2.24) is 0 Å². The summed E-state index contributed by atoms with van der Waals surface area (Å²) >= 11 is 0. The lowest BCUT2D eigenvalue weighted by Gasteiger charge is -2.38. The summed E-state index contributed by atoms with van der Waals surface area (Å²) in [6.07, 6.45) is -0.0486. The van der Waals surface area contributed by atoms with Gasteiger partial charge in [-0.1, -0.05) is 12.1 Å². The minimum Gasteiger partial charge on any atom is -0.476 e. The summed E-state index contributed by atoms with van der Waals surface area (Å²) in [5, 5.41) is 2.39. The molecule has 5 nitrogen and oxygen atoms in total. The molecule has 3 rings (SSSR count). The summed E-state index contributed by atoms with van der Waals surface area (Å²) in [5.74, 6) is -1.77. The molecular weight excluding hydrogens is 342 g/mol. The number of benzene rings is 2. The zero-order chi connectivity index (χ0) is 18.9. The lowest BCUT2D eigenvalue weighted by molar-refractivity contribution is -0.132. The van der Waals surface area contributed by atoms with Crippen LogP contribution in [0.15, 0.2) is 42.5 Å². The molecule has 0 aliphatic carbocycles. The zero-order valence-electron chi connectivity index (χ0n) is 14.4. The third-order valence-corrected chi connectivity index (χ3v) is 4.05. The van der Waals surface area contributed by atoms with E-state index >= 15 is 0 Å². The van der Waals surface area contributed by atoms with Crippen LogP contribution in [0.25, 0.3) is 0 Å². The van der Waals surface area contributed by atoms with Crippen LogP contribution in [0.4, 0.5) is 20.2 Å². The molecule has 0 atom stereocenters. The molecule has 2 aromatic rings. The number of para-hydroxylation sites is 2. The van der Waals surface area contributed by atoms with Gasteiger partial charge in [-0.05, 0) is 38.1 Å². The van der Waals surface area contributed by atoms with Gasteiger partial charge in [-0.15, -0.1) is 0 Å². The Kier molecular flexibility index (Phi) is 4.63. The van der Waals surface area contributed by atoms with Crippen LogP contribution in [0.3, 0.4) is 0 Å². The molecule has 136 valence electrons. The van der Waals surface area contributed by atoms with Gasteiger partial charge < -0.3 is 15.0 Å². The molecule has 0 radical (unpaired) electrons. The van der Waals surface area contributed by atoms with Crippen molar-refractivity contribution >= 4 is 23.2 Å². The van der Waals surface area contributed by atoms with E-state index in [0.29, 0.717) is 17.5 Å². The molecule has 2 aromatic carbocycles. The predicted molar refractivity (Wildman–Crippen MR) is 93.1 cm³/mol. The lowest BCUT2D eigenvalue weighted by Crippen LogP contribution is -2.53. The zero-order valence-corrected chi connectivity index (χ0v) is 14.4. The number of hydrogen-bond acceptors (Lipinski definition) is 3. The highest BCUT2D eigenvalue weighted by Gasteiger charge is 2.40. The quantitative estimate of drug-likeness (QED) is 0.908. The van der Waals surface area contributed by atoms with Crippen molar-refractivity contribution in [2.75, 3.05) is 16.8 Å². The number of nitrogens with one attached hydrogen (secondary N) is 1. The van der Waals surface area contributed by atoms with Gasteiger partial charge in [0.05, 0.1) is 11.4 Å². The van der Waals surface area contributed by atoms with Crippen LogP contribution < -0.4 is 15.0 Å². The molecule has 1 aliphatic rings. The van der Waals surface area contributed by atoms with Gasteiger partial charge in [0.1, 0.15) is 17.4 Å². The summed E-state index contributed by atoms with van der Waals surface area (Å²) in [6, 6.07) is 9.97. The molecule has 26 heavy (non-hydrogen) atoms. The second kappa shape index (κ2) is 6.74. The molecule has 1 N–H and O–H groups in total. The Morgan fingerprint density at radius 1 is 1.19 bits per heavy atom.